The second-order valence-corrected chi connectivity index (χ2v) is 6.14. The van der Waals surface area contributed by atoms with E-state index in [-0.39, 0.29) is 17.4 Å². The minimum atomic E-state index is -0.732. The van der Waals surface area contributed by atoms with Crippen LogP contribution in [0.25, 0.3) is 0 Å². The molecular formula is C14H22N2O2. The number of hydrogen-bond acceptors (Lipinski definition) is 3. The summed E-state index contributed by atoms with van der Waals surface area (Å²) in [6.07, 6.45) is 3.65. The van der Waals surface area contributed by atoms with E-state index in [9.17, 15) is 4.79 Å². The van der Waals surface area contributed by atoms with Crippen LogP contribution in [0.1, 0.15) is 39.7 Å². The fourth-order valence-corrected chi connectivity index (χ4v) is 2.39. The lowest BCUT2D eigenvalue weighted by Gasteiger charge is -2.35. The number of aromatic nitrogens is 1. The summed E-state index contributed by atoms with van der Waals surface area (Å²) in [5, 5.41) is 0. The fourth-order valence-electron chi connectivity index (χ4n) is 2.39. The molecule has 1 amide bonds. The van der Waals surface area contributed by atoms with Gasteiger partial charge in [-0.05, 0) is 29.5 Å². The first-order valence-corrected chi connectivity index (χ1v) is 6.06. The van der Waals surface area contributed by atoms with Crippen LogP contribution in [0.3, 0.4) is 0 Å². The Labute approximate surface area is 109 Å². The molecule has 0 saturated heterocycles. The highest BCUT2D eigenvalue weighted by molar-refractivity contribution is 5.64. The van der Waals surface area contributed by atoms with Gasteiger partial charge in [0.15, 0.2) is 0 Å². The summed E-state index contributed by atoms with van der Waals surface area (Å²) in [5.41, 5.74) is 6.04. The number of hydrogen-bond donors (Lipinski definition) is 1. The summed E-state index contributed by atoms with van der Waals surface area (Å²) in [7, 11) is 0. The number of carbonyl (C=O) groups is 1. The van der Waals surface area contributed by atoms with Crippen LogP contribution in [-0.4, -0.2) is 17.7 Å². The third-order valence-electron chi connectivity index (χ3n) is 2.83. The molecule has 100 valence electrons. The third kappa shape index (κ3) is 4.35. The average Bonchev–Trinajstić information content (AvgIpc) is 2.25. The Morgan fingerprint density at radius 3 is 2.28 bits per heavy atom. The largest absolute Gasteiger partial charge is 0.449 e. The maximum absolute atomic E-state index is 10.8. The van der Waals surface area contributed by atoms with Crippen molar-refractivity contribution in [3.63, 3.8) is 0 Å². The van der Waals surface area contributed by atoms with Gasteiger partial charge in [0.2, 0.25) is 0 Å². The van der Waals surface area contributed by atoms with E-state index >= 15 is 0 Å². The topological polar surface area (TPSA) is 65.2 Å². The second-order valence-electron chi connectivity index (χ2n) is 6.14. The van der Waals surface area contributed by atoms with E-state index in [1.807, 2.05) is 12.1 Å². The summed E-state index contributed by atoms with van der Waals surface area (Å²) < 4.78 is 5.03. The highest BCUT2D eigenvalue weighted by Crippen LogP contribution is 2.36. The quantitative estimate of drug-likeness (QED) is 0.893. The van der Waals surface area contributed by atoms with Gasteiger partial charge in [0.1, 0.15) is 6.61 Å². The lowest BCUT2D eigenvalue weighted by atomic mass is 9.71. The summed E-state index contributed by atoms with van der Waals surface area (Å²) >= 11 is 0. The van der Waals surface area contributed by atoms with Gasteiger partial charge < -0.3 is 10.5 Å². The van der Waals surface area contributed by atoms with Crippen LogP contribution in [0.5, 0.6) is 0 Å². The van der Waals surface area contributed by atoms with Gasteiger partial charge >= 0.3 is 6.09 Å². The van der Waals surface area contributed by atoms with Crippen LogP contribution in [0.2, 0.25) is 0 Å². The van der Waals surface area contributed by atoms with Gasteiger partial charge in [0, 0.05) is 17.8 Å². The summed E-state index contributed by atoms with van der Waals surface area (Å²) in [4.78, 5) is 14.8. The number of pyridine rings is 1. The highest BCUT2D eigenvalue weighted by atomic mass is 16.5. The van der Waals surface area contributed by atoms with Gasteiger partial charge in [-0.1, -0.05) is 27.7 Å². The SMILES string of the molecule is CC(C)(C)CC(C)(COC(N)=O)c1ccncc1. The second kappa shape index (κ2) is 5.38. The summed E-state index contributed by atoms with van der Waals surface area (Å²) in [5.74, 6) is 0. The van der Waals surface area contributed by atoms with Gasteiger partial charge in [0.05, 0.1) is 0 Å². The van der Waals surface area contributed by atoms with Crippen molar-refractivity contribution in [3.8, 4) is 0 Å². The Bertz CT molecular complexity index is 398. The summed E-state index contributed by atoms with van der Waals surface area (Å²) in [6, 6.07) is 3.91. The van der Waals surface area contributed by atoms with Gasteiger partial charge in [-0.15, -0.1) is 0 Å². The van der Waals surface area contributed by atoms with E-state index in [4.69, 9.17) is 10.5 Å². The number of carbonyl (C=O) groups excluding carboxylic acids is 1. The molecule has 2 N–H and O–H groups in total. The monoisotopic (exact) mass is 250 g/mol. The van der Waals surface area contributed by atoms with Gasteiger partial charge in [-0.2, -0.15) is 0 Å². The van der Waals surface area contributed by atoms with E-state index in [0.717, 1.165) is 12.0 Å². The van der Waals surface area contributed by atoms with Crippen molar-refractivity contribution in [3.05, 3.63) is 30.1 Å². The number of nitrogens with zero attached hydrogens (tertiary/aromatic N) is 1. The maximum atomic E-state index is 10.8. The van der Waals surface area contributed by atoms with Crippen LogP contribution < -0.4 is 5.73 Å². The number of primary amides is 1. The molecule has 0 fully saturated rings. The van der Waals surface area contributed by atoms with E-state index in [0.29, 0.717) is 0 Å². The van der Waals surface area contributed by atoms with Crippen LogP contribution in [0, 0.1) is 5.41 Å². The van der Waals surface area contributed by atoms with Crippen molar-refractivity contribution >= 4 is 6.09 Å². The molecule has 0 aliphatic heterocycles. The first-order valence-electron chi connectivity index (χ1n) is 6.06. The zero-order chi connectivity index (χ0) is 13.8. The Hall–Kier alpha value is -1.58. The highest BCUT2D eigenvalue weighted by Gasteiger charge is 2.33. The molecule has 1 atom stereocenters. The number of amides is 1. The lowest BCUT2D eigenvalue weighted by Crippen LogP contribution is -2.35. The maximum Gasteiger partial charge on any atom is 0.404 e. The lowest BCUT2D eigenvalue weighted by molar-refractivity contribution is 0.110. The smallest absolute Gasteiger partial charge is 0.404 e. The van der Waals surface area contributed by atoms with Crippen molar-refractivity contribution in [2.75, 3.05) is 6.61 Å². The first-order chi connectivity index (χ1) is 8.23. The van der Waals surface area contributed by atoms with E-state index in [2.05, 4.69) is 32.7 Å². The first kappa shape index (κ1) is 14.5. The molecule has 0 aliphatic rings. The molecule has 0 radical (unpaired) electrons. The molecule has 1 aromatic heterocycles. The number of rotatable bonds is 4. The molecule has 0 aliphatic carbocycles. The van der Waals surface area contributed by atoms with E-state index in [1.54, 1.807) is 12.4 Å². The number of nitrogens with two attached hydrogens (primary N) is 1. The molecule has 0 aromatic carbocycles. The molecule has 4 heteroatoms. The van der Waals surface area contributed by atoms with E-state index in [1.165, 1.54) is 0 Å². The van der Waals surface area contributed by atoms with Crippen molar-refractivity contribution in [1.29, 1.82) is 0 Å². The normalized spacial score (nSPS) is 14.9. The molecule has 0 spiro atoms. The Morgan fingerprint density at radius 1 is 1.28 bits per heavy atom. The number of ether oxygens (including phenoxy) is 1. The minimum Gasteiger partial charge on any atom is -0.449 e. The van der Waals surface area contributed by atoms with Crippen LogP contribution >= 0.6 is 0 Å². The van der Waals surface area contributed by atoms with Crippen LogP contribution in [0.4, 0.5) is 4.79 Å². The van der Waals surface area contributed by atoms with Crippen molar-refractivity contribution in [2.45, 2.75) is 39.5 Å². The van der Waals surface area contributed by atoms with Gasteiger partial charge in [-0.3, -0.25) is 4.98 Å². The molecular weight excluding hydrogens is 228 g/mol. The Kier molecular flexibility index (Phi) is 4.33. The fraction of sp³-hybridized carbons (Fsp3) is 0.571. The van der Waals surface area contributed by atoms with Gasteiger partial charge in [-0.25, -0.2) is 4.79 Å². The molecule has 0 saturated carbocycles. The molecule has 1 rings (SSSR count). The Morgan fingerprint density at radius 2 is 1.83 bits per heavy atom. The molecule has 18 heavy (non-hydrogen) atoms. The average molecular weight is 250 g/mol. The van der Waals surface area contributed by atoms with E-state index < -0.39 is 6.09 Å². The molecule has 4 nitrogen and oxygen atoms in total. The zero-order valence-electron chi connectivity index (χ0n) is 11.6. The predicted molar refractivity (Wildman–Crippen MR) is 71.2 cm³/mol. The standard InChI is InChI=1S/C14H22N2O2/c1-13(2,3)9-14(4,10-18-12(15)17)11-5-7-16-8-6-11/h5-8H,9-10H2,1-4H3,(H2,15,17). The zero-order valence-corrected chi connectivity index (χ0v) is 11.6. The van der Waals surface area contributed by atoms with Crippen molar-refractivity contribution in [1.82, 2.24) is 4.98 Å². The molecule has 1 aromatic rings. The molecule has 0 bridgehead atoms. The van der Waals surface area contributed by atoms with Gasteiger partial charge in [0.25, 0.3) is 0 Å². The third-order valence-corrected chi connectivity index (χ3v) is 2.83. The molecule has 1 heterocycles. The van der Waals surface area contributed by atoms with Crippen LogP contribution in [0.15, 0.2) is 24.5 Å². The van der Waals surface area contributed by atoms with Crippen molar-refractivity contribution in [2.24, 2.45) is 11.1 Å². The summed E-state index contributed by atoms with van der Waals surface area (Å²) in [6.45, 7) is 8.85. The predicted octanol–water partition coefficient (Wildman–Crippen LogP) is 2.87. The minimum absolute atomic E-state index is 0.124. The molecule has 1 unspecified atom stereocenters. The van der Waals surface area contributed by atoms with Crippen molar-refractivity contribution < 1.29 is 9.53 Å². The van der Waals surface area contributed by atoms with Crippen LogP contribution in [-0.2, 0) is 10.2 Å². The Balaban J connectivity index is 2.97.